The molecule has 4 heteroatoms. The normalized spacial score (nSPS) is 12.5. The molecule has 0 saturated carbocycles. The van der Waals surface area contributed by atoms with Gasteiger partial charge in [-0.15, -0.1) is 0 Å². The van der Waals surface area contributed by atoms with Gasteiger partial charge in [0.15, 0.2) is 0 Å². The van der Waals surface area contributed by atoms with Gasteiger partial charge in [0.1, 0.15) is 0 Å². The number of rotatable bonds is 3. The predicted molar refractivity (Wildman–Crippen MR) is 91.8 cm³/mol. The highest BCUT2D eigenvalue weighted by molar-refractivity contribution is 9.10. The summed E-state index contributed by atoms with van der Waals surface area (Å²) in [5.74, 6) is 0. The van der Waals surface area contributed by atoms with Crippen LogP contribution in [0.1, 0.15) is 17.2 Å². The molecule has 1 aromatic heterocycles. The minimum absolute atomic E-state index is 0.00593. The van der Waals surface area contributed by atoms with Crippen molar-refractivity contribution in [2.75, 3.05) is 7.05 Å². The van der Waals surface area contributed by atoms with Gasteiger partial charge in [-0.3, -0.25) is 4.98 Å². The number of halogens is 2. The molecule has 0 aliphatic rings. The molecule has 3 rings (SSSR count). The molecule has 21 heavy (non-hydrogen) atoms. The average Bonchev–Trinajstić information content (AvgIpc) is 2.51. The van der Waals surface area contributed by atoms with Crippen LogP contribution < -0.4 is 5.32 Å². The maximum absolute atomic E-state index is 6.39. The van der Waals surface area contributed by atoms with Crippen LogP contribution in [0.2, 0.25) is 5.02 Å². The molecule has 0 spiro atoms. The van der Waals surface area contributed by atoms with Crippen LogP contribution in [0.4, 0.5) is 0 Å². The molecule has 0 fully saturated rings. The van der Waals surface area contributed by atoms with E-state index >= 15 is 0 Å². The lowest BCUT2D eigenvalue weighted by Crippen LogP contribution is -2.18. The lowest BCUT2D eigenvalue weighted by atomic mass is 9.96. The van der Waals surface area contributed by atoms with E-state index in [1.165, 1.54) is 5.39 Å². The quantitative estimate of drug-likeness (QED) is 0.713. The summed E-state index contributed by atoms with van der Waals surface area (Å²) in [5, 5.41) is 6.40. The molecule has 1 unspecified atom stereocenters. The molecule has 1 N–H and O–H groups in total. The topological polar surface area (TPSA) is 24.9 Å². The highest BCUT2D eigenvalue weighted by atomic mass is 79.9. The number of hydrogen-bond acceptors (Lipinski definition) is 2. The van der Waals surface area contributed by atoms with Crippen molar-refractivity contribution in [3.63, 3.8) is 0 Å². The van der Waals surface area contributed by atoms with E-state index < -0.39 is 0 Å². The third-order valence-electron chi connectivity index (χ3n) is 3.57. The van der Waals surface area contributed by atoms with Crippen molar-refractivity contribution in [2.24, 2.45) is 0 Å². The van der Waals surface area contributed by atoms with Crippen molar-refractivity contribution in [2.45, 2.75) is 6.04 Å². The van der Waals surface area contributed by atoms with Gasteiger partial charge < -0.3 is 5.32 Å². The van der Waals surface area contributed by atoms with Gasteiger partial charge in [-0.1, -0.05) is 51.8 Å². The van der Waals surface area contributed by atoms with E-state index in [1.54, 1.807) is 0 Å². The Hall–Kier alpha value is -1.42. The van der Waals surface area contributed by atoms with Gasteiger partial charge in [0.25, 0.3) is 0 Å². The number of hydrogen-bond donors (Lipinski definition) is 1. The largest absolute Gasteiger partial charge is 0.309 e. The summed E-state index contributed by atoms with van der Waals surface area (Å²) in [5.41, 5.74) is 2.15. The van der Waals surface area contributed by atoms with Crippen molar-refractivity contribution in [3.8, 4) is 0 Å². The van der Waals surface area contributed by atoms with E-state index in [2.05, 4.69) is 38.4 Å². The maximum Gasteiger partial charge on any atom is 0.0610 e. The van der Waals surface area contributed by atoms with Crippen molar-refractivity contribution in [1.29, 1.82) is 0 Å². The number of nitrogens with one attached hydrogen (secondary N) is 1. The Bertz CT molecular complexity index is 783. The first-order valence-electron chi connectivity index (χ1n) is 6.65. The van der Waals surface area contributed by atoms with E-state index in [0.717, 1.165) is 26.0 Å². The molecule has 2 aromatic carbocycles. The summed E-state index contributed by atoms with van der Waals surface area (Å²) in [6, 6.07) is 14.1. The van der Waals surface area contributed by atoms with Crippen LogP contribution in [0.5, 0.6) is 0 Å². The molecule has 2 nitrogen and oxygen atoms in total. The lowest BCUT2D eigenvalue weighted by Gasteiger charge is -2.20. The Morgan fingerprint density at radius 3 is 2.71 bits per heavy atom. The molecule has 0 radical (unpaired) electrons. The fraction of sp³-hybridized carbons (Fsp3) is 0.118. The van der Waals surface area contributed by atoms with Crippen LogP contribution in [-0.2, 0) is 0 Å². The standard InChI is InChI=1S/C17H14BrClN2/c1-20-17(14-8-12(18)6-7-16(14)19)15-10-21-9-11-4-2-3-5-13(11)15/h2-10,17,20H,1H3. The lowest BCUT2D eigenvalue weighted by molar-refractivity contribution is 0.694. The summed E-state index contributed by atoms with van der Waals surface area (Å²) in [6.45, 7) is 0. The Labute approximate surface area is 137 Å². The summed E-state index contributed by atoms with van der Waals surface area (Å²) in [7, 11) is 1.93. The second kappa shape index (κ2) is 6.14. The van der Waals surface area contributed by atoms with Crippen LogP contribution in [-0.4, -0.2) is 12.0 Å². The summed E-state index contributed by atoms with van der Waals surface area (Å²) in [6.07, 6.45) is 3.79. The number of nitrogens with zero attached hydrogens (tertiary/aromatic N) is 1. The zero-order valence-electron chi connectivity index (χ0n) is 11.5. The van der Waals surface area contributed by atoms with Gasteiger partial charge in [0.2, 0.25) is 0 Å². The smallest absolute Gasteiger partial charge is 0.0610 e. The van der Waals surface area contributed by atoms with E-state index in [1.807, 2.05) is 49.8 Å². The zero-order chi connectivity index (χ0) is 14.8. The van der Waals surface area contributed by atoms with Crippen LogP contribution in [0.15, 0.2) is 59.3 Å². The summed E-state index contributed by atoms with van der Waals surface area (Å²) in [4.78, 5) is 4.36. The monoisotopic (exact) mass is 360 g/mol. The van der Waals surface area contributed by atoms with Gasteiger partial charge in [0.05, 0.1) is 6.04 Å². The van der Waals surface area contributed by atoms with Gasteiger partial charge in [-0.2, -0.15) is 0 Å². The average molecular weight is 362 g/mol. The van der Waals surface area contributed by atoms with Gasteiger partial charge in [0, 0.05) is 27.3 Å². The second-order valence-electron chi connectivity index (χ2n) is 4.84. The minimum Gasteiger partial charge on any atom is -0.309 e. The summed E-state index contributed by atoms with van der Waals surface area (Å²) >= 11 is 9.90. The van der Waals surface area contributed by atoms with Crippen molar-refractivity contribution in [3.05, 3.63) is 75.5 Å². The second-order valence-corrected chi connectivity index (χ2v) is 6.16. The highest BCUT2D eigenvalue weighted by Gasteiger charge is 2.18. The maximum atomic E-state index is 6.39. The number of benzene rings is 2. The SMILES string of the molecule is CNC(c1cc(Br)ccc1Cl)c1cncc2ccccc12. The van der Waals surface area contributed by atoms with E-state index in [9.17, 15) is 0 Å². The third kappa shape index (κ3) is 2.82. The Kier molecular flexibility index (Phi) is 4.24. The molecule has 0 saturated heterocycles. The number of aromatic nitrogens is 1. The molecule has 0 aliphatic heterocycles. The van der Waals surface area contributed by atoms with Crippen molar-refractivity contribution in [1.82, 2.24) is 10.3 Å². The predicted octanol–water partition coefficient (Wildman–Crippen LogP) is 4.96. The Morgan fingerprint density at radius 2 is 1.90 bits per heavy atom. The number of pyridine rings is 1. The van der Waals surface area contributed by atoms with Crippen LogP contribution in [0.3, 0.4) is 0 Å². The van der Waals surface area contributed by atoms with Gasteiger partial charge in [-0.25, -0.2) is 0 Å². The molecule has 0 bridgehead atoms. The molecular formula is C17H14BrClN2. The Morgan fingerprint density at radius 1 is 1.10 bits per heavy atom. The van der Waals surface area contributed by atoms with Crippen LogP contribution in [0, 0.1) is 0 Å². The third-order valence-corrected chi connectivity index (χ3v) is 4.41. The fourth-order valence-corrected chi connectivity index (χ4v) is 3.19. The fourth-order valence-electron chi connectivity index (χ4n) is 2.58. The van der Waals surface area contributed by atoms with Crippen molar-refractivity contribution >= 4 is 38.3 Å². The Balaban J connectivity index is 2.21. The highest BCUT2D eigenvalue weighted by Crippen LogP contribution is 2.33. The molecular weight excluding hydrogens is 348 g/mol. The van der Waals surface area contributed by atoms with Crippen LogP contribution >= 0.6 is 27.5 Å². The first kappa shape index (κ1) is 14.5. The molecule has 0 amide bonds. The van der Waals surface area contributed by atoms with Crippen molar-refractivity contribution < 1.29 is 0 Å². The zero-order valence-corrected chi connectivity index (χ0v) is 13.8. The minimum atomic E-state index is -0.00593. The first-order valence-corrected chi connectivity index (χ1v) is 7.82. The molecule has 0 aliphatic carbocycles. The molecule has 106 valence electrons. The molecule has 3 aromatic rings. The van der Waals surface area contributed by atoms with E-state index in [0.29, 0.717) is 0 Å². The molecule has 1 atom stereocenters. The van der Waals surface area contributed by atoms with E-state index in [4.69, 9.17) is 11.6 Å². The van der Waals surface area contributed by atoms with Crippen LogP contribution in [0.25, 0.3) is 10.8 Å². The summed E-state index contributed by atoms with van der Waals surface area (Å²) < 4.78 is 1.01. The van der Waals surface area contributed by atoms with Gasteiger partial charge >= 0.3 is 0 Å². The van der Waals surface area contributed by atoms with E-state index in [-0.39, 0.29) is 6.04 Å². The number of fused-ring (bicyclic) bond motifs is 1. The van der Waals surface area contributed by atoms with Gasteiger partial charge in [-0.05, 0) is 41.8 Å². The molecule has 1 heterocycles. The first-order chi connectivity index (χ1) is 10.2.